The van der Waals surface area contributed by atoms with E-state index in [-0.39, 0.29) is 5.56 Å². The molecular formula is C27H22N4O3. The summed E-state index contributed by atoms with van der Waals surface area (Å²) in [7, 11) is 3.47. The van der Waals surface area contributed by atoms with Crippen LogP contribution in [0.25, 0.3) is 39.0 Å². The van der Waals surface area contributed by atoms with E-state index in [1.807, 2.05) is 60.3 Å². The quantitative estimate of drug-likeness (QED) is 0.355. The summed E-state index contributed by atoms with van der Waals surface area (Å²) in [6, 6.07) is 23.0. The van der Waals surface area contributed by atoms with Crippen LogP contribution in [0.15, 0.2) is 85.3 Å². The summed E-state index contributed by atoms with van der Waals surface area (Å²) in [4.78, 5) is 20.0. The maximum absolute atomic E-state index is 11.3. The molecule has 0 saturated carbocycles. The van der Waals surface area contributed by atoms with E-state index < -0.39 is 5.97 Å². The van der Waals surface area contributed by atoms with Gasteiger partial charge in [0, 0.05) is 30.3 Å². The third-order valence-corrected chi connectivity index (χ3v) is 5.83. The van der Waals surface area contributed by atoms with E-state index in [0.717, 1.165) is 44.7 Å². The molecule has 34 heavy (non-hydrogen) atoms. The molecule has 0 aliphatic carbocycles. The third kappa shape index (κ3) is 3.84. The number of nitrogens with one attached hydrogen (secondary N) is 1. The first-order chi connectivity index (χ1) is 16.6. The second-order valence-electron chi connectivity index (χ2n) is 7.77. The number of hydrogen-bond acceptors (Lipinski definition) is 5. The van der Waals surface area contributed by atoms with E-state index in [1.54, 1.807) is 19.2 Å². The van der Waals surface area contributed by atoms with Crippen molar-refractivity contribution in [2.45, 2.75) is 0 Å². The smallest absolute Gasteiger partial charge is 0.335 e. The van der Waals surface area contributed by atoms with Gasteiger partial charge in [-0.2, -0.15) is 0 Å². The maximum Gasteiger partial charge on any atom is 0.335 e. The van der Waals surface area contributed by atoms with Crippen LogP contribution < -0.4 is 10.1 Å². The number of aromatic carboxylic acids is 1. The summed E-state index contributed by atoms with van der Waals surface area (Å²) in [5.41, 5.74) is 5.27. The topological polar surface area (TPSA) is 89.3 Å². The fraction of sp³-hybridized carbons (Fsp3) is 0.0741. The molecule has 7 nitrogen and oxygen atoms in total. The zero-order chi connectivity index (χ0) is 23.7. The van der Waals surface area contributed by atoms with Crippen LogP contribution in [0, 0.1) is 0 Å². The molecule has 5 rings (SSSR count). The summed E-state index contributed by atoms with van der Waals surface area (Å²) in [6.07, 6.45) is 3.56. The lowest BCUT2D eigenvalue weighted by molar-refractivity contribution is 0.0697. The summed E-state index contributed by atoms with van der Waals surface area (Å²) in [5.74, 6) is 1.30. The van der Waals surface area contributed by atoms with Gasteiger partial charge in [0.1, 0.15) is 23.7 Å². The number of anilines is 1. The van der Waals surface area contributed by atoms with Crippen LogP contribution >= 0.6 is 0 Å². The van der Waals surface area contributed by atoms with E-state index in [9.17, 15) is 9.90 Å². The number of carboxylic acids is 1. The lowest BCUT2D eigenvalue weighted by Gasteiger charge is -2.08. The Balaban J connectivity index is 1.70. The number of carboxylic acid groups (broad SMARTS) is 1. The molecule has 0 aliphatic heterocycles. The minimum absolute atomic E-state index is 0.253. The molecule has 0 aliphatic rings. The minimum atomic E-state index is -0.946. The zero-order valence-corrected chi connectivity index (χ0v) is 18.7. The molecule has 0 unspecified atom stereocenters. The van der Waals surface area contributed by atoms with Crippen molar-refractivity contribution in [3.05, 3.63) is 90.9 Å². The van der Waals surface area contributed by atoms with Crippen LogP contribution in [0.4, 0.5) is 5.82 Å². The van der Waals surface area contributed by atoms with Gasteiger partial charge in [0.25, 0.3) is 0 Å². The predicted molar refractivity (Wildman–Crippen MR) is 133 cm³/mol. The number of methoxy groups -OCH3 is 1. The van der Waals surface area contributed by atoms with Gasteiger partial charge in [-0.15, -0.1) is 0 Å². The lowest BCUT2D eigenvalue weighted by atomic mass is 10.00. The van der Waals surface area contributed by atoms with Crippen molar-refractivity contribution in [2.75, 3.05) is 19.5 Å². The van der Waals surface area contributed by atoms with Crippen molar-refractivity contribution in [1.29, 1.82) is 0 Å². The highest BCUT2D eigenvalue weighted by Crippen LogP contribution is 2.35. The molecule has 0 amide bonds. The largest absolute Gasteiger partial charge is 0.497 e. The Hall–Kier alpha value is -4.65. The number of rotatable bonds is 6. The van der Waals surface area contributed by atoms with Crippen LogP contribution in [0.2, 0.25) is 0 Å². The Morgan fingerprint density at radius 2 is 1.62 bits per heavy atom. The number of hydrogen-bond donors (Lipinski definition) is 2. The average molecular weight is 450 g/mol. The summed E-state index contributed by atoms with van der Waals surface area (Å²) >= 11 is 0. The molecule has 3 aromatic carbocycles. The van der Waals surface area contributed by atoms with Crippen LogP contribution in [0.1, 0.15) is 10.4 Å². The molecule has 0 fully saturated rings. The Morgan fingerprint density at radius 1 is 0.912 bits per heavy atom. The molecule has 5 aromatic rings. The highest BCUT2D eigenvalue weighted by atomic mass is 16.5. The average Bonchev–Trinajstić information content (AvgIpc) is 3.27. The molecule has 7 heteroatoms. The highest BCUT2D eigenvalue weighted by molar-refractivity contribution is 5.99. The molecule has 0 spiro atoms. The van der Waals surface area contributed by atoms with Crippen molar-refractivity contribution in [1.82, 2.24) is 14.5 Å². The van der Waals surface area contributed by atoms with Crippen molar-refractivity contribution in [3.63, 3.8) is 0 Å². The van der Waals surface area contributed by atoms with Gasteiger partial charge in [0.05, 0.1) is 18.2 Å². The standard InChI is InChI=1S/C27H22N4O3/c1-28-25-14-26(30-16-29-25)31-15-23(18-3-5-19(6-4-18)27(32)33)22-12-9-20(13-24(22)31)17-7-10-21(34-2)11-8-17/h3-16H,1-2H3,(H,32,33)(H,28,29,30). The lowest BCUT2D eigenvalue weighted by Crippen LogP contribution is -2.00. The summed E-state index contributed by atoms with van der Waals surface area (Å²) < 4.78 is 7.32. The normalized spacial score (nSPS) is 10.9. The minimum Gasteiger partial charge on any atom is -0.497 e. The Bertz CT molecular complexity index is 1490. The Kier molecular flexibility index (Phi) is 5.43. The fourth-order valence-electron chi connectivity index (χ4n) is 4.02. The van der Waals surface area contributed by atoms with Crippen molar-refractivity contribution >= 4 is 22.7 Å². The van der Waals surface area contributed by atoms with Crippen molar-refractivity contribution in [3.8, 4) is 33.8 Å². The van der Waals surface area contributed by atoms with Crippen LogP contribution in [-0.2, 0) is 0 Å². The van der Waals surface area contributed by atoms with E-state index >= 15 is 0 Å². The zero-order valence-electron chi connectivity index (χ0n) is 18.7. The predicted octanol–water partition coefficient (Wildman–Crippen LogP) is 5.50. The molecule has 168 valence electrons. The van der Waals surface area contributed by atoms with E-state index in [0.29, 0.717) is 5.82 Å². The molecule has 0 radical (unpaired) electrons. The molecule has 2 N–H and O–H groups in total. The third-order valence-electron chi connectivity index (χ3n) is 5.83. The summed E-state index contributed by atoms with van der Waals surface area (Å²) in [5, 5.41) is 13.3. The number of nitrogens with zero attached hydrogens (tertiary/aromatic N) is 3. The second kappa shape index (κ2) is 8.71. The number of carbonyl (C=O) groups is 1. The number of benzene rings is 3. The van der Waals surface area contributed by atoms with Crippen LogP contribution in [0.3, 0.4) is 0 Å². The first kappa shape index (κ1) is 21.2. The van der Waals surface area contributed by atoms with Crippen LogP contribution in [0.5, 0.6) is 5.75 Å². The number of fused-ring (bicyclic) bond motifs is 1. The monoisotopic (exact) mass is 450 g/mol. The number of aromatic nitrogens is 3. The molecule has 2 heterocycles. The van der Waals surface area contributed by atoms with Gasteiger partial charge in [0.2, 0.25) is 0 Å². The molecule has 2 aromatic heterocycles. The molecular weight excluding hydrogens is 428 g/mol. The maximum atomic E-state index is 11.3. The van der Waals surface area contributed by atoms with Crippen molar-refractivity contribution in [2.24, 2.45) is 0 Å². The SMILES string of the molecule is CNc1cc(-n2cc(-c3ccc(C(=O)O)cc3)c3ccc(-c4ccc(OC)cc4)cc32)ncn1. The van der Waals surface area contributed by atoms with Gasteiger partial charge in [-0.05, 0) is 47.0 Å². The van der Waals surface area contributed by atoms with E-state index in [1.165, 1.54) is 6.33 Å². The molecule has 0 bridgehead atoms. The van der Waals surface area contributed by atoms with Gasteiger partial charge in [-0.1, -0.05) is 36.4 Å². The highest BCUT2D eigenvalue weighted by Gasteiger charge is 2.15. The fourth-order valence-corrected chi connectivity index (χ4v) is 4.02. The van der Waals surface area contributed by atoms with Gasteiger partial charge in [-0.3, -0.25) is 0 Å². The second-order valence-corrected chi connectivity index (χ2v) is 7.77. The molecule has 0 atom stereocenters. The van der Waals surface area contributed by atoms with Gasteiger partial charge >= 0.3 is 5.97 Å². The van der Waals surface area contributed by atoms with E-state index in [4.69, 9.17) is 4.74 Å². The first-order valence-corrected chi connectivity index (χ1v) is 10.7. The van der Waals surface area contributed by atoms with Crippen molar-refractivity contribution < 1.29 is 14.6 Å². The van der Waals surface area contributed by atoms with Gasteiger partial charge < -0.3 is 19.7 Å². The van der Waals surface area contributed by atoms with E-state index in [2.05, 4.69) is 33.5 Å². The first-order valence-electron chi connectivity index (χ1n) is 10.7. The van der Waals surface area contributed by atoms with Crippen LogP contribution in [-0.4, -0.2) is 39.8 Å². The Labute approximate surface area is 196 Å². The van der Waals surface area contributed by atoms with Gasteiger partial charge in [-0.25, -0.2) is 14.8 Å². The Morgan fingerprint density at radius 3 is 2.29 bits per heavy atom. The summed E-state index contributed by atoms with van der Waals surface area (Å²) in [6.45, 7) is 0. The van der Waals surface area contributed by atoms with Gasteiger partial charge in [0.15, 0.2) is 0 Å². The molecule has 0 saturated heterocycles. The number of ether oxygens (including phenoxy) is 1.